The Kier molecular flexibility index (Phi) is 2.88. The zero-order valence-corrected chi connectivity index (χ0v) is 6.33. The fourth-order valence-electron chi connectivity index (χ4n) is 0.992. The highest BCUT2D eigenvalue weighted by Gasteiger charge is 2.07. The minimum atomic E-state index is -0.499. The first-order chi connectivity index (χ1) is 5.79. The predicted octanol–water partition coefficient (Wildman–Crippen LogP) is 1.76. The summed E-state index contributed by atoms with van der Waals surface area (Å²) in [4.78, 5) is 10.2. The van der Waals surface area contributed by atoms with Gasteiger partial charge in [-0.3, -0.25) is 0 Å². The van der Waals surface area contributed by atoms with Crippen LogP contribution in [0.1, 0.15) is 5.56 Å². The fourth-order valence-corrected chi connectivity index (χ4v) is 0.992. The Morgan fingerprint density at radius 3 is 2.83 bits per heavy atom. The minimum Gasteiger partial charge on any atom is -0.396 e. The van der Waals surface area contributed by atoms with Gasteiger partial charge < -0.3 is 5.11 Å². The Bertz CT molecular complexity index is 288. The lowest BCUT2D eigenvalue weighted by atomic mass is 10.1. The second kappa shape index (κ2) is 3.92. The second-order valence-electron chi connectivity index (χ2n) is 2.30. The van der Waals surface area contributed by atoms with Crippen molar-refractivity contribution in [2.75, 3.05) is 6.61 Å². The van der Waals surface area contributed by atoms with Crippen LogP contribution in [-0.4, -0.2) is 11.7 Å². The lowest BCUT2D eigenvalue weighted by Gasteiger charge is -2.01. The maximum Gasteiger partial charge on any atom is 0.128 e. The Morgan fingerprint density at radius 2 is 2.25 bits per heavy atom. The van der Waals surface area contributed by atoms with E-state index in [1.54, 1.807) is 0 Å². The third-order valence-corrected chi connectivity index (χ3v) is 1.55. The smallest absolute Gasteiger partial charge is 0.128 e. The summed E-state index contributed by atoms with van der Waals surface area (Å²) in [6, 6.07) is 4.06. The highest BCUT2D eigenvalue weighted by Crippen LogP contribution is 2.21. The molecule has 0 saturated heterocycles. The van der Waals surface area contributed by atoms with E-state index in [0.29, 0.717) is 0 Å². The molecule has 1 aromatic rings. The molecule has 12 heavy (non-hydrogen) atoms. The molecule has 0 aromatic heterocycles. The van der Waals surface area contributed by atoms with E-state index >= 15 is 0 Å². The van der Waals surface area contributed by atoms with E-state index in [9.17, 15) is 9.30 Å². The molecule has 0 saturated carbocycles. The summed E-state index contributed by atoms with van der Waals surface area (Å²) < 4.78 is 12.9. The Hall–Kier alpha value is -1.29. The number of nitroso groups, excluding NO2 is 1. The van der Waals surface area contributed by atoms with Crippen molar-refractivity contribution in [1.29, 1.82) is 0 Å². The van der Waals surface area contributed by atoms with E-state index in [-0.39, 0.29) is 24.3 Å². The van der Waals surface area contributed by atoms with Gasteiger partial charge in [-0.2, -0.15) is 0 Å². The average molecular weight is 169 g/mol. The number of hydrogen-bond acceptors (Lipinski definition) is 3. The Labute approximate surface area is 68.8 Å². The number of nitrogens with zero attached hydrogens (tertiary/aromatic N) is 1. The highest BCUT2D eigenvalue weighted by atomic mass is 19.1. The Morgan fingerprint density at radius 1 is 1.50 bits per heavy atom. The molecule has 0 aliphatic heterocycles. The van der Waals surface area contributed by atoms with Gasteiger partial charge in [-0.15, -0.1) is 4.91 Å². The number of rotatable bonds is 3. The number of benzene rings is 1. The van der Waals surface area contributed by atoms with Gasteiger partial charge in [0.2, 0.25) is 0 Å². The lowest BCUT2D eigenvalue weighted by molar-refractivity contribution is 0.298. The van der Waals surface area contributed by atoms with Gasteiger partial charge in [0.1, 0.15) is 11.5 Å². The monoisotopic (exact) mass is 169 g/mol. The van der Waals surface area contributed by atoms with E-state index in [0.717, 1.165) is 0 Å². The molecule has 3 nitrogen and oxygen atoms in total. The van der Waals surface area contributed by atoms with Gasteiger partial charge in [0.25, 0.3) is 0 Å². The first-order valence-electron chi connectivity index (χ1n) is 3.51. The van der Waals surface area contributed by atoms with Crippen LogP contribution in [-0.2, 0) is 6.42 Å². The summed E-state index contributed by atoms with van der Waals surface area (Å²) in [6.07, 6.45) is 0.119. The molecule has 0 radical (unpaired) electrons. The molecule has 0 atom stereocenters. The molecule has 64 valence electrons. The van der Waals surface area contributed by atoms with Crippen molar-refractivity contribution in [3.8, 4) is 0 Å². The maximum absolute atomic E-state index is 12.9. The van der Waals surface area contributed by atoms with Crippen molar-refractivity contribution in [1.82, 2.24) is 0 Å². The summed E-state index contributed by atoms with van der Waals surface area (Å²) in [5.74, 6) is -0.499. The number of halogens is 1. The van der Waals surface area contributed by atoms with E-state index in [1.165, 1.54) is 18.2 Å². The van der Waals surface area contributed by atoms with Crippen LogP contribution in [0, 0.1) is 10.7 Å². The van der Waals surface area contributed by atoms with E-state index in [2.05, 4.69) is 5.18 Å². The van der Waals surface area contributed by atoms with Gasteiger partial charge in [-0.25, -0.2) is 4.39 Å². The highest BCUT2D eigenvalue weighted by molar-refractivity contribution is 5.46. The summed E-state index contributed by atoms with van der Waals surface area (Å²) in [6.45, 7) is -0.191. The minimum absolute atomic E-state index is 0.0593. The van der Waals surface area contributed by atoms with Gasteiger partial charge in [0.15, 0.2) is 0 Å². The third kappa shape index (κ3) is 1.65. The fraction of sp³-hybridized carbons (Fsp3) is 0.250. The number of hydrogen-bond donors (Lipinski definition) is 1. The maximum atomic E-state index is 12.9. The largest absolute Gasteiger partial charge is 0.396 e. The summed E-state index contributed by atoms with van der Waals surface area (Å²) in [5, 5.41) is 11.2. The molecule has 4 heteroatoms. The molecule has 0 fully saturated rings. The van der Waals surface area contributed by atoms with Gasteiger partial charge in [0, 0.05) is 18.6 Å². The number of aliphatic hydroxyl groups is 1. The molecule has 1 rings (SSSR count). The second-order valence-corrected chi connectivity index (χ2v) is 2.30. The van der Waals surface area contributed by atoms with Gasteiger partial charge in [0.05, 0.1) is 0 Å². The number of aliphatic hydroxyl groups excluding tert-OH is 1. The van der Waals surface area contributed by atoms with Crippen LogP contribution >= 0.6 is 0 Å². The molecule has 0 spiro atoms. The van der Waals surface area contributed by atoms with Crippen LogP contribution < -0.4 is 0 Å². The third-order valence-electron chi connectivity index (χ3n) is 1.55. The molecule has 0 aliphatic carbocycles. The normalized spacial score (nSPS) is 9.83. The first kappa shape index (κ1) is 8.80. The molecule has 0 heterocycles. The van der Waals surface area contributed by atoms with Crippen LogP contribution in [0.25, 0.3) is 0 Å². The van der Waals surface area contributed by atoms with Crippen molar-refractivity contribution >= 4 is 5.69 Å². The predicted molar refractivity (Wildman–Crippen MR) is 42.6 cm³/mol. The van der Waals surface area contributed by atoms with Crippen molar-refractivity contribution in [3.05, 3.63) is 34.5 Å². The summed E-state index contributed by atoms with van der Waals surface area (Å²) in [5.41, 5.74) is 0.235. The SMILES string of the molecule is O=Nc1cccc(F)c1CCO. The zero-order chi connectivity index (χ0) is 8.97. The summed E-state index contributed by atoms with van der Waals surface area (Å²) in [7, 11) is 0. The average Bonchev–Trinajstić information content (AvgIpc) is 2.09. The molecule has 0 bridgehead atoms. The van der Waals surface area contributed by atoms with Crippen LogP contribution in [0.4, 0.5) is 10.1 Å². The van der Waals surface area contributed by atoms with Crippen molar-refractivity contribution < 1.29 is 9.50 Å². The summed E-state index contributed by atoms with van der Waals surface area (Å²) >= 11 is 0. The molecule has 0 amide bonds. The van der Waals surface area contributed by atoms with Gasteiger partial charge in [-0.05, 0) is 17.3 Å². The molecule has 0 aliphatic rings. The van der Waals surface area contributed by atoms with Crippen molar-refractivity contribution in [3.63, 3.8) is 0 Å². The van der Waals surface area contributed by atoms with E-state index in [4.69, 9.17) is 5.11 Å². The molecule has 1 aromatic carbocycles. The van der Waals surface area contributed by atoms with Crippen molar-refractivity contribution in [2.24, 2.45) is 5.18 Å². The molecular weight excluding hydrogens is 161 g/mol. The van der Waals surface area contributed by atoms with E-state index in [1.807, 2.05) is 0 Å². The first-order valence-corrected chi connectivity index (χ1v) is 3.51. The van der Waals surface area contributed by atoms with Crippen LogP contribution in [0.15, 0.2) is 23.4 Å². The van der Waals surface area contributed by atoms with Crippen LogP contribution in [0.2, 0.25) is 0 Å². The molecule has 1 N–H and O–H groups in total. The zero-order valence-electron chi connectivity index (χ0n) is 6.33. The molecular formula is C8H8FNO2. The van der Waals surface area contributed by atoms with Crippen molar-refractivity contribution in [2.45, 2.75) is 6.42 Å². The van der Waals surface area contributed by atoms with Crippen LogP contribution in [0.5, 0.6) is 0 Å². The van der Waals surface area contributed by atoms with E-state index < -0.39 is 5.82 Å². The lowest BCUT2D eigenvalue weighted by Crippen LogP contribution is -1.94. The Balaban J connectivity index is 3.10. The quantitative estimate of drug-likeness (QED) is 0.701. The standard InChI is InChI=1S/C8H8FNO2/c9-7-2-1-3-8(10-12)6(7)4-5-11/h1-3,11H,4-5H2. The van der Waals surface area contributed by atoms with Gasteiger partial charge >= 0.3 is 0 Å². The van der Waals surface area contributed by atoms with Gasteiger partial charge in [-0.1, -0.05) is 6.07 Å². The molecule has 0 unspecified atom stereocenters. The van der Waals surface area contributed by atoms with Crippen LogP contribution in [0.3, 0.4) is 0 Å². The topological polar surface area (TPSA) is 49.7 Å².